The molecule has 0 aliphatic carbocycles. The second kappa shape index (κ2) is 12.1. The van der Waals surface area contributed by atoms with E-state index in [1.54, 1.807) is 0 Å². The van der Waals surface area contributed by atoms with Crippen molar-refractivity contribution in [3.05, 3.63) is 12.7 Å². The van der Waals surface area contributed by atoms with E-state index in [1.807, 2.05) is 47.6 Å². The summed E-state index contributed by atoms with van der Waals surface area (Å²) in [5, 5.41) is 15.5. The Labute approximate surface area is 176 Å². The number of Topliss-reactive ketones (excluding diaryl/α,β-unsaturated/α-hetero) is 1. The second-order valence-corrected chi connectivity index (χ2v) is 9.72. The van der Waals surface area contributed by atoms with Crippen LogP contribution in [0.3, 0.4) is 0 Å². The first-order chi connectivity index (χ1) is 13.3. The standard InChI is InChI=1S/C23H42N2O4/c1-9-11-17(5)15-24-23(8,10-2)21(29)18(25-19(26)12-16(3)4)13-22(6,7)14-20(27)28/h9,16-18,24H,1,10-15H2,2-8H3,(H,25,26)(H,27,28)/t17?,18-,23?/m0/s1. The molecule has 0 aliphatic heterocycles. The van der Waals surface area contributed by atoms with Crippen LogP contribution in [0, 0.1) is 17.3 Å². The fourth-order valence-electron chi connectivity index (χ4n) is 3.41. The molecule has 0 aliphatic rings. The molecule has 0 saturated carbocycles. The molecule has 29 heavy (non-hydrogen) atoms. The average molecular weight is 411 g/mol. The highest BCUT2D eigenvalue weighted by molar-refractivity contribution is 5.95. The van der Waals surface area contributed by atoms with Gasteiger partial charge in [0.05, 0.1) is 18.0 Å². The van der Waals surface area contributed by atoms with Crippen LogP contribution in [0.15, 0.2) is 12.7 Å². The van der Waals surface area contributed by atoms with Gasteiger partial charge in [0.2, 0.25) is 5.91 Å². The van der Waals surface area contributed by atoms with Crippen molar-refractivity contribution in [3.8, 4) is 0 Å². The molecule has 0 fully saturated rings. The molecule has 0 rings (SSSR count). The molecule has 6 nitrogen and oxygen atoms in total. The maximum atomic E-state index is 13.5. The molecule has 0 spiro atoms. The highest BCUT2D eigenvalue weighted by Gasteiger charge is 2.39. The van der Waals surface area contributed by atoms with Gasteiger partial charge in [-0.1, -0.05) is 47.6 Å². The van der Waals surface area contributed by atoms with Crippen LogP contribution < -0.4 is 10.6 Å². The molecule has 0 radical (unpaired) electrons. The maximum Gasteiger partial charge on any atom is 0.303 e. The van der Waals surface area contributed by atoms with Gasteiger partial charge in [0.15, 0.2) is 5.78 Å². The van der Waals surface area contributed by atoms with Gasteiger partial charge in [0, 0.05) is 6.42 Å². The van der Waals surface area contributed by atoms with Crippen molar-refractivity contribution < 1.29 is 19.5 Å². The summed E-state index contributed by atoms with van der Waals surface area (Å²) < 4.78 is 0. The second-order valence-electron chi connectivity index (χ2n) is 9.72. The largest absolute Gasteiger partial charge is 0.481 e. The molecular weight excluding hydrogens is 368 g/mol. The monoisotopic (exact) mass is 410 g/mol. The lowest BCUT2D eigenvalue weighted by Gasteiger charge is -2.36. The molecule has 3 N–H and O–H groups in total. The van der Waals surface area contributed by atoms with E-state index >= 15 is 0 Å². The molecule has 0 bridgehead atoms. The third kappa shape index (κ3) is 10.6. The number of carbonyl (C=O) groups excluding carboxylic acids is 2. The zero-order chi connectivity index (χ0) is 22.8. The number of rotatable bonds is 15. The summed E-state index contributed by atoms with van der Waals surface area (Å²) in [4.78, 5) is 37.2. The first kappa shape index (κ1) is 27.3. The Kier molecular flexibility index (Phi) is 11.4. The minimum absolute atomic E-state index is 0.0660. The molecule has 3 atom stereocenters. The predicted molar refractivity (Wildman–Crippen MR) is 118 cm³/mol. The molecule has 1 amide bonds. The smallest absolute Gasteiger partial charge is 0.303 e. The summed E-state index contributed by atoms with van der Waals surface area (Å²) in [5.41, 5.74) is -1.42. The van der Waals surface area contributed by atoms with Crippen LogP contribution in [0.5, 0.6) is 0 Å². The number of ketones is 1. The van der Waals surface area contributed by atoms with E-state index in [0.717, 1.165) is 6.42 Å². The minimum atomic E-state index is -0.913. The van der Waals surface area contributed by atoms with Crippen LogP contribution in [-0.4, -0.2) is 40.9 Å². The van der Waals surface area contributed by atoms with Crippen LogP contribution in [0.4, 0.5) is 0 Å². The van der Waals surface area contributed by atoms with Crippen molar-refractivity contribution in [2.24, 2.45) is 17.3 Å². The fraction of sp³-hybridized carbons (Fsp3) is 0.783. The van der Waals surface area contributed by atoms with Crippen molar-refractivity contribution in [1.82, 2.24) is 10.6 Å². The summed E-state index contributed by atoms with van der Waals surface area (Å²) in [6.45, 7) is 17.8. The van der Waals surface area contributed by atoms with E-state index in [2.05, 4.69) is 24.1 Å². The molecule has 2 unspecified atom stereocenters. The van der Waals surface area contributed by atoms with Crippen LogP contribution in [0.25, 0.3) is 0 Å². The predicted octanol–water partition coefficient (Wildman–Crippen LogP) is 3.95. The van der Waals surface area contributed by atoms with Crippen LogP contribution >= 0.6 is 0 Å². The Morgan fingerprint density at radius 2 is 1.72 bits per heavy atom. The van der Waals surface area contributed by atoms with Crippen LogP contribution in [0.2, 0.25) is 0 Å². The van der Waals surface area contributed by atoms with Gasteiger partial charge in [0.25, 0.3) is 0 Å². The SMILES string of the molecule is C=CCC(C)CNC(C)(CC)C(=O)[C@H](CC(C)(C)CC(=O)O)NC(=O)CC(C)C. The van der Waals surface area contributed by atoms with Gasteiger partial charge in [-0.25, -0.2) is 0 Å². The Balaban J connectivity index is 5.56. The Hall–Kier alpha value is -1.69. The molecule has 0 aromatic heterocycles. The zero-order valence-electron chi connectivity index (χ0n) is 19.4. The number of carboxylic acid groups (broad SMARTS) is 1. The Bertz CT molecular complexity index is 571. The number of aliphatic carboxylic acids is 1. The molecule has 0 heterocycles. The van der Waals surface area contributed by atoms with Gasteiger partial charge in [-0.2, -0.15) is 0 Å². The summed E-state index contributed by atoms with van der Waals surface area (Å²) >= 11 is 0. The van der Waals surface area contributed by atoms with Gasteiger partial charge in [0.1, 0.15) is 0 Å². The molecular formula is C23H42N2O4. The quantitative estimate of drug-likeness (QED) is 0.355. The molecule has 0 saturated heterocycles. The first-order valence-electron chi connectivity index (χ1n) is 10.7. The van der Waals surface area contributed by atoms with E-state index in [-0.39, 0.29) is 30.4 Å². The van der Waals surface area contributed by atoms with E-state index in [1.165, 1.54) is 0 Å². The Morgan fingerprint density at radius 3 is 2.17 bits per heavy atom. The van der Waals surface area contributed by atoms with Gasteiger partial charge < -0.3 is 15.7 Å². The normalized spacial score (nSPS) is 16.0. The van der Waals surface area contributed by atoms with Crippen molar-refractivity contribution in [3.63, 3.8) is 0 Å². The van der Waals surface area contributed by atoms with Crippen molar-refractivity contribution in [1.29, 1.82) is 0 Å². The van der Waals surface area contributed by atoms with Gasteiger partial charge in [-0.3, -0.25) is 14.4 Å². The number of amides is 1. The number of hydrogen-bond acceptors (Lipinski definition) is 4. The summed E-state index contributed by atoms with van der Waals surface area (Å²) in [7, 11) is 0. The van der Waals surface area contributed by atoms with E-state index in [9.17, 15) is 19.5 Å². The number of nitrogens with one attached hydrogen (secondary N) is 2. The summed E-state index contributed by atoms with van der Waals surface area (Å²) in [6, 6.07) is -0.734. The Morgan fingerprint density at radius 1 is 1.14 bits per heavy atom. The number of carbonyl (C=O) groups is 3. The molecule has 168 valence electrons. The van der Waals surface area contributed by atoms with Gasteiger partial charge in [-0.15, -0.1) is 6.58 Å². The molecule has 6 heteroatoms. The lowest BCUT2D eigenvalue weighted by Crippen LogP contribution is -2.59. The highest BCUT2D eigenvalue weighted by Crippen LogP contribution is 2.29. The maximum absolute atomic E-state index is 13.5. The summed E-state index contributed by atoms with van der Waals surface area (Å²) in [6.07, 6.45) is 3.82. The zero-order valence-corrected chi connectivity index (χ0v) is 19.4. The number of carboxylic acids is 1. The first-order valence-corrected chi connectivity index (χ1v) is 10.7. The fourth-order valence-corrected chi connectivity index (χ4v) is 3.41. The van der Waals surface area contributed by atoms with Crippen molar-refractivity contribution in [2.75, 3.05) is 6.54 Å². The lowest BCUT2D eigenvalue weighted by molar-refractivity contribution is -0.140. The summed E-state index contributed by atoms with van der Waals surface area (Å²) in [5.74, 6) is -0.675. The van der Waals surface area contributed by atoms with Crippen LogP contribution in [0.1, 0.15) is 80.6 Å². The minimum Gasteiger partial charge on any atom is -0.481 e. The van der Waals surface area contributed by atoms with E-state index < -0.39 is 23.0 Å². The van der Waals surface area contributed by atoms with E-state index in [0.29, 0.717) is 25.3 Å². The lowest BCUT2D eigenvalue weighted by atomic mass is 9.77. The average Bonchev–Trinajstić information content (AvgIpc) is 2.56. The van der Waals surface area contributed by atoms with Crippen molar-refractivity contribution in [2.45, 2.75) is 92.2 Å². The van der Waals surface area contributed by atoms with Gasteiger partial charge in [-0.05, 0) is 50.0 Å². The molecule has 0 aromatic carbocycles. The third-order valence-corrected chi connectivity index (χ3v) is 5.29. The molecule has 0 aromatic rings. The van der Waals surface area contributed by atoms with E-state index in [4.69, 9.17) is 0 Å². The van der Waals surface area contributed by atoms with Gasteiger partial charge >= 0.3 is 5.97 Å². The van der Waals surface area contributed by atoms with Crippen molar-refractivity contribution >= 4 is 17.7 Å². The number of allylic oxidation sites excluding steroid dienone is 1. The number of hydrogen-bond donors (Lipinski definition) is 3. The third-order valence-electron chi connectivity index (χ3n) is 5.29. The van der Waals surface area contributed by atoms with Crippen LogP contribution in [-0.2, 0) is 14.4 Å². The topological polar surface area (TPSA) is 95.5 Å². The highest BCUT2D eigenvalue weighted by atomic mass is 16.4.